The topological polar surface area (TPSA) is 129 Å². The highest BCUT2D eigenvalue weighted by atomic mass is 16.5. The van der Waals surface area contributed by atoms with Crippen molar-refractivity contribution < 1.29 is 24.9 Å². The van der Waals surface area contributed by atoms with Crippen LogP contribution in [0, 0.1) is 0 Å². The average Bonchev–Trinajstić information content (AvgIpc) is 2.66. The summed E-state index contributed by atoms with van der Waals surface area (Å²) in [6.45, 7) is 15.2. The zero-order valence-corrected chi connectivity index (χ0v) is 17.1. The summed E-state index contributed by atoms with van der Waals surface area (Å²) in [4.78, 5) is 8.58. The van der Waals surface area contributed by atoms with Gasteiger partial charge in [0, 0.05) is 19.3 Å². The number of carbonyl (C=O) groups excluding carboxylic acids is 1. The molecule has 1 saturated heterocycles. The molecule has 0 aromatic heterocycles. The quantitative estimate of drug-likeness (QED) is 0.316. The van der Waals surface area contributed by atoms with Gasteiger partial charge in [-0.05, 0) is 13.3 Å². The summed E-state index contributed by atoms with van der Waals surface area (Å²) in [5.74, 6) is 0. The van der Waals surface area contributed by atoms with Crippen molar-refractivity contribution in [1.29, 1.82) is 0 Å². The molecule has 1 heterocycles. The molecule has 0 saturated carbocycles. The van der Waals surface area contributed by atoms with Crippen LogP contribution in [0.1, 0.15) is 60.8 Å². The lowest BCUT2D eigenvalue weighted by Crippen LogP contribution is -2.53. The van der Waals surface area contributed by atoms with Gasteiger partial charge in [0.2, 0.25) is 6.41 Å². The Morgan fingerprint density at radius 3 is 2.23 bits per heavy atom. The first-order valence-electron chi connectivity index (χ1n) is 9.15. The summed E-state index contributed by atoms with van der Waals surface area (Å²) in [6.07, 6.45) is 0.894. The Morgan fingerprint density at radius 1 is 1.35 bits per heavy atom. The van der Waals surface area contributed by atoms with Gasteiger partial charge in [-0.1, -0.05) is 46.6 Å². The van der Waals surface area contributed by atoms with Gasteiger partial charge in [-0.15, -0.1) is 0 Å². The zero-order chi connectivity index (χ0) is 21.1. The van der Waals surface area contributed by atoms with Crippen LogP contribution in [0.5, 0.6) is 0 Å². The minimum Gasteiger partial charge on any atom is -0.394 e. The first kappa shape index (κ1) is 29.3. The number of hydrogen-bond acceptors (Lipinski definition) is 7. The van der Waals surface area contributed by atoms with Gasteiger partial charge < -0.3 is 25.8 Å². The molecule has 26 heavy (non-hydrogen) atoms. The maximum Gasteiger partial charge on any atom is 0.204 e. The van der Waals surface area contributed by atoms with Crippen molar-refractivity contribution in [3.05, 3.63) is 11.8 Å². The molecular weight excluding hydrogens is 338 g/mol. The Labute approximate surface area is 158 Å². The fraction of sp³-hybridized carbons (Fsp3) is 0.778. The number of hydrogen-bond donors (Lipinski definition) is 4. The van der Waals surface area contributed by atoms with Crippen molar-refractivity contribution in [2.24, 2.45) is 10.8 Å². The van der Waals surface area contributed by atoms with Crippen LogP contribution in [-0.2, 0) is 9.53 Å². The Balaban J connectivity index is -0.000000663. The number of amides is 1. The van der Waals surface area contributed by atoms with E-state index in [1.54, 1.807) is 0 Å². The molecule has 0 radical (unpaired) electrons. The highest BCUT2D eigenvalue weighted by Crippen LogP contribution is 2.24. The smallest absolute Gasteiger partial charge is 0.204 e. The molecule has 0 aromatic carbocycles. The number of ether oxygens (including phenoxy) is 1. The third kappa shape index (κ3) is 12.0. The van der Waals surface area contributed by atoms with E-state index < -0.39 is 24.5 Å². The summed E-state index contributed by atoms with van der Waals surface area (Å²) in [7, 11) is 0. The predicted molar refractivity (Wildman–Crippen MR) is 105 cm³/mol. The molecule has 1 aliphatic heterocycles. The van der Waals surface area contributed by atoms with Gasteiger partial charge in [0.25, 0.3) is 0 Å². The molecule has 4 atom stereocenters. The van der Waals surface area contributed by atoms with Gasteiger partial charge in [0.05, 0.1) is 12.7 Å². The molecular formula is C18H39N3O5. The second-order valence-electron chi connectivity index (χ2n) is 4.99. The van der Waals surface area contributed by atoms with Gasteiger partial charge in [-0.2, -0.15) is 5.10 Å². The maximum atomic E-state index is 9.78. The van der Waals surface area contributed by atoms with Crippen LogP contribution in [0.4, 0.5) is 0 Å². The van der Waals surface area contributed by atoms with Crippen molar-refractivity contribution >= 4 is 13.1 Å². The van der Waals surface area contributed by atoms with E-state index in [2.05, 4.69) is 24.5 Å². The number of aliphatic hydroxyl groups excluding tert-OH is 3. The standard InChI is InChI=1S/C13H24N2O4.2C2H6.CH3NO/c1-4-5-9(2)7-15(14-3)12-6-10(17)13(18)11(8-16)19-12;2*1-2;2-1-3/h7,10-13,16-18H,3-6,8H2,1-2H3;2*1-2H3;1H,(H2,2,3)/b9-7-;;;. The Morgan fingerprint density at radius 2 is 1.85 bits per heavy atom. The number of rotatable bonds is 6. The van der Waals surface area contributed by atoms with Crippen LogP contribution in [0.3, 0.4) is 0 Å². The van der Waals surface area contributed by atoms with Gasteiger partial charge in [0.15, 0.2) is 6.23 Å². The molecule has 1 rings (SSSR count). The molecule has 4 unspecified atom stereocenters. The van der Waals surface area contributed by atoms with Crippen molar-refractivity contribution in [1.82, 2.24) is 5.01 Å². The number of nitrogens with two attached hydrogens (primary N) is 1. The van der Waals surface area contributed by atoms with Gasteiger partial charge in [-0.3, -0.25) is 4.79 Å². The first-order chi connectivity index (χ1) is 12.4. The third-order valence-corrected chi connectivity index (χ3v) is 3.19. The number of hydrazone groups is 1. The maximum absolute atomic E-state index is 9.78. The fourth-order valence-corrected chi connectivity index (χ4v) is 2.15. The van der Waals surface area contributed by atoms with Crippen molar-refractivity contribution in [2.75, 3.05) is 6.61 Å². The highest BCUT2D eigenvalue weighted by Gasteiger charge is 2.38. The first-order valence-corrected chi connectivity index (χ1v) is 9.15. The molecule has 0 spiro atoms. The molecule has 5 N–H and O–H groups in total. The summed E-state index contributed by atoms with van der Waals surface area (Å²) in [5, 5.41) is 34.0. The van der Waals surface area contributed by atoms with Crippen LogP contribution >= 0.6 is 0 Å². The molecule has 156 valence electrons. The van der Waals surface area contributed by atoms with Gasteiger partial charge in [-0.25, -0.2) is 5.01 Å². The average molecular weight is 378 g/mol. The van der Waals surface area contributed by atoms with Crippen molar-refractivity contribution in [2.45, 2.75) is 85.3 Å². The van der Waals surface area contributed by atoms with E-state index in [1.807, 2.05) is 40.8 Å². The van der Waals surface area contributed by atoms with Crippen LogP contribution < -0.4 is 5.73 Å². The lowest BCUT2D eigenvalue weighted by atomic mass is 10.0. The van der Waals surface area contributed by atoms with Crippen LogP contribution in [0.2, 0.25) is 0 Å². The van der Waals surface area contributed by atoms with Gasteiger partial charge >= 0.3 is 0 Å². The number of nitrogens with zero attached hydrogens (tertiary/aromatic N) is 2. The van der Waals surface area contributed by atoms with E-state index in [1.165, 1.54) is 5.01 Å². The van der Waals surface area contributed by atoms with Gasteiger partial charge in [0.1, 0.15) is 12.2 Å². The Bertz CT molecular complexity index is 367. The highest BCUT2D eigenvalue weighted by molar-refractivity contribution is 5.42. The molecule has 0 aromatic rings. The number of aliphatic hydroxyl groups is 3. The van der Waals surface area contributed by atoms with E-state index >= 15 is 0 Å². The van der Waals surface area contributed by atoms with Crippen molar-refractivity contribution in [3.8, 4) is 0 Å². The molecule has 0 aliphatic carbocycles. The SMILES string of the molecule is C=NN(/C=C(/C)CCC)C1CC(O)C(O)C(CO)O1.CC.CC.NC=O. The summed E-state index contributed by atoms with van der Waals surface area (Å²) in [6, 6.07) is 0. The lowest BCUT2D eigenvalue weighted by Gasteiger charge is -2.39. The molecule has 1 aliphatic rings. The van der Waals surface area contributed by atoms with Crippen LogP contribution in [-0.4, -0.2) is 64.6 Å². The molecule has 1 fully saturated rings. The second kappa shape index (κ2) is 19.8. The molecule has 0 bridgehead atoms. The zero-order valence-electron chi connectivity index (χ0n) is 17.1. The van der Waals surface area contributed by atoms with E-state index in [-0.39, 0.29) is 19.4 Å². The molecule has 8 nitrogen and oxygen atoms in total. The summed E-state index contributed by atoms with van der Waals surface area (Å²) in [5.41, 5.74) is 5.29. The fourth-order valence-electron chi connectivity index (χ4n) is 2.15. The van der Waals surface area contributed by atoms with E-state index in [9.17, 15) is 10.2 Å². The largest absolute Gasteiger partial charge is 0.394 e. The minimum atomic E-state index is -1.08. The second-order valence-corrected chi connectivity index (χ2v) is 4.99. The normalized spacial score (nSPS) is 24.4. The van der Waals surface area contributed by atoms with Crippen LogP contribution in [0.15, 0.2) is 16.9 Å². The lowest BCUT2D eigenvalue weighted by molar-refractivity contribution is -0.210. The summed E-state index contributed by atoms with van der Waals surface area (Å²) < 4.78 is 5.54. The molecule has 8 heteroatoms. The summed E-state index contributed by atoms with van der Waals surface area (Å²) >= 11 is 0. The molecule has 1 amide bonds. The predicted octanol–water partition coefficient (Wildman–Crippen LogP) is 1.59. The number of primary amides is 1. The monoisotopic (exact) mass is 377 g/mol. The Kier molecular flexibility index (Phi) is 22.3. The van der Waals surface area contributed by atoms with E-state index in [0.29, 0.717) is 0 Å². The number of carbonyl (C=O) groups is 1. The third-order valence-electron chi connectivity index (χ3n) is 3.19. The Hall–Kier alpha value is -1.48. The van der Waals surface area contributed by atoms with E-state index in [4.69, 9.17) is 14.6 Å². The minimum absolute atomic E-state index is 0.215. The van der Waals surface area contributed by atoms with Crippen LogP contribution in [0.25, 0.3) is 0 Å². The number of allylic oxidation sites excluding steroid dienone is 1. The van der Waals surface area contributed by atoms with E-state index in [0.717, 1.165) is 18.4 Å². The van der Waals surface area contributed by atoms with Crippen molar-refractivity contribution in [3.63, 3.8) is 0 Å².